The lowest BCUT2D eigenvalue weighted by Crippen LogP contribution is -2.54. The number of aliphatic imine (C=N–C) groups is 1. The topological polar surface area (TPSA) is 63.6 Å². The van der Waals surface area contributed by atoms with Crippen LogP contribution in [0.15, 0.2) is 53.5 Å². The van der Waals surface area contributed by atoms with Crippen LogP contribution in [0.1, 0.15) is 17.2 Å². The van der Waals surface area contributed by atoms with Gasteiger partial charge in [0.05, 0.1) is 24.9 Å². The van der Waals surface area contributed by atoms with E-state index in [1.165, 1.54) is 11.1 Å². The molecule has 2 fully saturated rings. The molecule has 0 amide bonds. The summed E-state index contributed by atoms with van der Waals surface area (Å²) in [5.41, 5.74) is 3.51. The van der Waals surface area contributed by atoms with Crippen molar-refractivity contribution in [1.29, 1.82) is 0 Å². The van der Waals surface area contributed by atoms with E-state index in [1.54, 1.807) is 6.07 Å². The van der Waals surface area contributed by atoms with Crippen molar-refractivity contribution in [1.82, 2.24) is 15.1 Å². The van der Waals surface area contributed by atoms with Crippen LogP contribution in [-0.4, -0.2) is 86.9 Å². The molecule has 180 valence electrons. The lowest BCUT2D eigenvalue weighted by Gasteiger charge is -2.39. The molecule has 1 unspecified atom stereocenters. The smallest absolute Gasteiger partial charge is 0.193 e. The molecule has 0 aliphatic carbocycles. The maximum atomic E-state index is 10.2. The Labute approximate surface area is 214 Å². The van der Waals surface area contributed by atoms with Crippen molar-refractivity contribution >= 4 is 35.6 Å². The number of ether oxygens (including phenoxy) is 1. The van der Waals surface area contributed by atoms with Gasteiger partial charge in [-0.1, -0.05) is 42.0 Å². The molecular formula is C25H36IN5O2. The standard InChI is InChI=1S/C25H35N5O2.HI/c1-20-7-9-21(10-8-20)23(29-15-17-32-18-16-29)19-27-25(26-2)30-13-11-28(12-14-30)22-5-3-4-6-24(22)31;/h3-10,23,31H,11-19H2,1-2H3,(H,26,27);1H. The lowest BCUT2D eigenvalue weighted by atomic mass is 10.0. The first kappa shape index (κ1) is 25.6. The number of phenolic OH excluding ortho intramolecular Hbond substituents is 1. The molecule has 2 N–H and O–H groups in total. The third-order valence-electron chi connectivity index (χ3n) is 6.42. The number of phenols is 1. The van der Waals surface area contributed by atoms with E-state index in [2.05, 4.69) is 56.2 Å². The van der Waals surface area contributed by atoms with E-state index in [1.807, 2.05) is 25.2 Å². The summed E-state index contributed by atoms with van der Waals surface area (Å²) in [4.78, 5) is 11.6. The summed E-state index contributed by atoms with van der Waals surface area (Å²) in [5, 5.41) is 13.8. The number of halogens is 1. The summed E-state index contributed by atoms with van der Waals surface area (Å²) in [6.07, 6.45) is 0. The van der Waals surface area contributed by atoms with Crippen molar-refractivity contribution in [2.75, 3.05) is 71.0 Å². The van der Waals surface area contributed by atoms with Gasteiger partial charge in [-0.25, -0.2) is 0 Å². The number of morpholine rings is 1. The normalized spacial score (nSPS) is 18.5. The summed E-state index contributed by atoms with van der Waals surface area (Å²) in [5.74, 6) is 1.28. The number of nitrogens with one attached hydrogen (secondary N) is 1. The second-order valence-electron chi connectivity index (χ2n) is 8.47. The van der Waals surface area contributed by atoms with Gasteiger partial charge in [0.1, 0.15) is 5.75 Å². The summed E-state index contributed by atoms with van der Waals surface area (Å²) in [6, 6.07) is 16.7. The van der Waals surface area contributed by atoms with Gasteiger partial charge >= 0.3 is 0 Å². The molecule has 33 heavy (non-hydrogen) atoms. The summed E-state index contributed by atoms with van der Waals surface area (Å²) >= 11 is 0. The molecule has 0 saturated carbocycles. The largest absolute Gasteiger partial charge is 0.506 e. The summed E-state index contributed by atoms with van der Waals surface area (Å²) < 4.78 is 5.59. The average molecular weight is 566 g/mol. The quantitative estimate of drug-likeness (QED) is 0.330. The molecule has 2 heterocycles. The number of benzene rings is 2. The monoisotopic (exact) mass is 565 g/mol. The molecule has 7 nitrogen and oxygen atoms in total. The molecule has 0 bridgehead atoms. The highest BCUT2D eigenvalue weighted by atomic mass is 127. The number of anilines is 1. The zero-order valence-corrected chi connectivity index (χ0v) is 21.9. The van der Waals surface area contributed by atoms with Crippen molar-refractivity contribution in [3.63, 3.8) is 0 Å². The predicted molar refractivity (Wildman–Crippen MR) is 145 cm³/mol. The van der Waals surface area contributed by atoms with Crippen molar-refractivity contribution in [2.24, 2.45) is 4.99 Å². The second-order valence-corrected chi connectivity index (χ2v) is 8.47. The second kappa shape index (κ2) is 12.4. The van der Waals surface area contributed by atoms with Crippen LogP contribution >= 0.6 is 24.0 Å². The van der Waals surface area contributed by atoms with Crippen molar-refractivity contribution < 1.29 is 9.84 Å². The molecule has 0 aromatic heterocycles. The molecule has 8 heteroatoms. The van der Waals surface area contributed by atoms with Crippen molar-refractivity contribution in [2.45, 2.75) is 13.0 Å². The first-order valence-electron chi connectivity index (χ1n) is 11.5. The fourth-order valence-electron chi connectivity index (χ4n) is 4.55. The van der Waals surface area contributed by atoms with Crippen LogP contribution in [-0.2, 0) is 4.74 Å². The third kappa shape index (κ3) is 6.51. The number of piperazine rings is 1. The molecule has 2 aromatic rings. The molecule has 2 aliphatic heterocycles. The minimum absolute atomic E-state index is 0. The van der Waals surface area contributed by atoms with E-state index in [0.717, 1.165) is 70.7 Å². The predicted octanol–water partition coefficient (Wildman–Crippen LogP) is 3.09. The number of aryl methyl sites for hydroxylation is 1. The molecule has 2 saturated heterocycles. The van der Waals surface area contributed by atoms with E-state index in [9.17, 15) is 5.11 Å². The number of rotatable bonds is 5. The lowest BCUT2D eigenvalue weighted by molar-refractivity contribution is 0.0169. The Balaban J connectivity index is 0.00000306. The van der Waals surface area contributed by atoms with E-state index in [-0.39, 0.29) is 30.0 Å². The van der Waals surface area contributed by atoms with Gasteiger partial charge in [0, 0.05) is 52.9 Å². The zero-order chi connectivity index (χ0) is 22.3. The Morgan fingerprint density at radius 2 is 1.67 bits per heavy atom. The molecule has 2 aromatic carbocycles. The Bertz CT molecular complexity index is 894. The average Bonchev–Trinajstić information content (AvgIpc) is 2.84. The van der Waals surface area contributed by atoms with E-state index in [0.29, 0.717) is 5.75 Å². The summed E-state index contributed by atoms with van der Waals surface area (Å²) in [6.45, 7) is 9.80. The molecule has 4 rings (SSSR count). The van der Waals surface area contributed by atoms with Gasteiger partial charge in [0.2, 0.25) is 0 Å². The van der Waals surface area contributed by atoms with Crippen LogP contribution in [0.5, 0.6) is 5.75 Å². The first-order chi connectivity index (χ1) is 15.7. The number of hydrogen-bond acceptors (Lipinski definition) is 5. The molecule has 0 spiro atoms. The van der Waals surface area contributed by atoms with Gasteiger partial charge in [0.15, 0.2) is 5.96 Å². The van der Waals surface area contributed by atoms with Gasteiger partial charge in [0.25, 0.3) is 0 Å². The van der Waals surface area contributed by atoms with Crippen LogP contribution in [0.4, 0.5) is 5.69 Å². The van der Waals surface area contributed by atoms with E-state index >= 15 is 0 Å². The zero-order valence-electron chi connectivity index (χ0n) is 19.6. The van der Waals surface area contributed by atoms with Crippen LogP contribution < -0.4 is 10.2 Å². The number of para-hydroxylation sites is 2. The molecule has 0 radical (unpaired) electrons. The van der Waals surface area contributed by atoms with Crippen molar-refractivity contribution in [3.05, 3.63) is 59.7 Å². The van der Waals surface area contributed by atoms with E-state index in [4.69, 9.17) is 4.74 Å². The Morgan fingerprint density at radius 1 is 1.00 bits per heavy atom. The van der Waals surface area contributed by atoms with Crippen molar-refractivity contribution in [3.8, 4) is 5.75 Å². The van der Waals surface area contributed by atoms with Crippen LogP contribution in [0.2, 0.25) is 0 Å². The highest BCUT2D eigenvalue weighted by molar-refractivity contribution is 14.0. The number of aromatic hydroxyl groups is 1. The number of guanidine groups is 1. The minimum Gasteiger partial charge on any atom is -0.506 e. The number of nitrogens with zero attached hydrogens (tertiary/aromatic N) is 4. The third-order valence-corrected chi connectivity index (χ3v) is 6.42. The maximum Gasteiger partial charge on any atom is 0.193 e. The van der Waals surface area contributed by atoms with Gasteiger partial charge in [-0.05, 0) is 24.6 Å². The van der Waals surface area contributed by atoms with Gasteiger partial charge in [-0.3, -0.25) is 9.89 Å². The Morgan fingerprint density at radius 3 is 2.30 bits per heavy atom. The molecule has 1 atom stereocenters. The fourth-order valence-corrected chi connectivity index (χ4v) is 4.55. The SMILES string of the molecule is CN=C(NCC(c1ccc(C)cc1)N1CCOCC1)N1CCN(c2ccccc2O)CC1.I. The summed E-state index contributed by atoms with van der Waals surface area (Å²) in [7, 11) is 1.85. The number of hydrogen-bond donors (Lipinski definition) is 2. The van der Waals surface area contributed by atoms with Crippen LogP contribution in [0.3, 0.4) is 0 Å². The molecule has 2 aliphatic rings. The molecular weight excluding hydrogens is 529 g/mol. The van der Waals surface area contributed by atoms with Gasteiger partial charge in [-0.15, -0.1) is 24.0 Å². The Hall–Kier alpha value is -2.04. The fraction of sp³-hybridized carbons (Fsp3) is 0.480. The van der Waals surface area contributed by atoms with Gasteiger partial charge in [-0.2, -0.15) is 0 Å². The minimum atomic E-state index is 0. The highest BCUT2D eigenvalue weighted by Crippen LogP contribution is 2.27. The Kier molecular flexibility index (Phi) is 9.64. The first-order valence-corrected chi connectivity index (χ1v) is 11.5. The van der Waals surface area contributed by atoms with E-state index < -0.39 is 0 Å². The highest BCUT2D eigenvalue weighted by Gasteiger charge is 2.25. The van der Waals surface area contributed by atoms with Gasteiger partial charge < -0.3 is 25.0 Å². The van der Waals surface area contributed by atoms with Crippen LogP contribution in [0, 0.1) is 6.92 Å². The maximum absolute atomic E-state index is 10.2. The van der Waals surface area contributed by atoms with Crippen LogP contribution in [0.25, 0.3) is 0 Å².